The average molecular weight is 378 g/mol. The quantitative estimate of drug-likeness (QED) is 0.460. The number of nitrogens with zero attached hydrogens (tertiary/aromatic N) is 4. The number of hydrogen-bond donors (Lipinski definition) is 2. The van der Waals surface area contributed by atoms with E-state index >= 15 is 0 Å². The highest BCUT2D eigenvalue weighted by atomic mass is 16.3. The predicted molar refractivity (Wildman–Crippen MR) is 110 cm³/mol. The van der Waals surface area contributed by atoms with Gasteiger partial charge in [0.1, 0.15) is 11.2 Å². The van der Waals surface area contributed by atoms with Gasteiger partial charge in [-0.1, -0.05) is 0 Å². The minimum atomic E-state index is 0.769. The van der Waals surface area contributed by atoms with Crippen LogP contribution < -0.4 is 0 Å². The van der Waals surface area contributed by atoms with Crippen LogP contribution >= 0.6 is 0 Å². The van der Waals surface area contributed by atoms with Crippen LogP contribution in [0.25, 0.3) is 55.8 Å². The Kier molecular flexibility index (Phi) is 3.33. The summed E-state index contributed by atoms with van der Waals surface area (Å²) >= 11 is 0. The number of rotatable bonds is 3. The van der Waals surface area contributed by atoms with Gasteiger partial charge in [0, 0.05) is 40.6 Å². The van der Waals surface area contributed by atoms with Gasteiger partial charge in [0.2, 0.25) is 0 Å². The molecule has 0 aliphatic rings. The summed E-state index contributed by atoms with van der Waals surface area (Å²) in [5.41, 5.74) is 8.00. The molecule has 0 bridgehead atoms. The van der Waals surface area contributed by atoms with E-state index in [1.807, 2.05) is 36.4 Å². The molecular formula is C22H14N6O. The van der Waals surface area contributed by atoms with E-state index in [1.165, 1.54) is 0 Å². The van der Waals surface area contributed by atoms with Crippen LogP contribution in [0.5, 0.6) is 0 Å². The lowest BCUT2D eigenvalue weighted by atomic mass is 10.1. The van der Waals surface area contributed by atoms with Crippen molar-refractivity contribution in [3.63, 3.8) is 0 Å². The zero-order valence-electron chi connectivity index (χ0n) is 15.1. The molecule has 0 aliphatic carbocycles. The maximum Gasteiger partial charge on any atom is 0.135 e. The maximum absolute atomic E-state index is 5.23. The lowest BCUT2D eigenvalue weighted by molar-refractivity contribution is 0.568. The molecule has 0 aliphatic heterocycles. The molecule has 6 aromatic heterocycles. The second-order valence-corrected chi connectivity index (χ2v) is 6.72. The number of fused-ring (bicyclic) bond motifs is 2. The van der Waals surface area contributed by atoms with E-state index in [9.17, 15) is 0 Å². The Morgan fingerprint density at radius 2 is 1.76 bits per heavy atom. The normalized spacial score (nSPS) is 11.4. The lowest BCUT2D eigenvalue weighted by Crippen LogP contribution is -1.86. The van der Waals surface area contributed by atoms with E-state index < -0.39 is 0 Å². The summed E-state index contributed by atoms with van der Waals surface area (Å²) in [6, 6.07) is 13.8. The van der Waals surface area contributed by atoms with Crippen molar-refractivity contribution in [2.24, 2.45) is 0 Å². The van der Waals surface area contributed by atoms with Crippen molar-refractivity contribution >= 4 is 21.9 Å². The SMILES string of the molecule is c1cc(-c2ccc3[nH]nc(-c4cc5c(-c6ccoc6)nccc5[nH]4)c3n2)ccn1. The molecule has 0 fully saturated rings. The molecule has 0 spiro atoms. The Bertz CT molecular complexity index is 1450. The summed E-state index contributed by atoms with van der Waals surface area (Å²) in [5, 5.41) is 8.60. The van der Waals surface area contributed by atoms with Crippen molar-refractivity contribution in [1.82, 2.24) is 30.1 Å². The smallest absolute Gasteiger partial charge is 0.135 e. The third kappa shape index (κ3) is 2.52. The van der Waals surface area contributed by atoms with E-state index in [1.54, 1.807) is 31.1 Å². The molecule has 6 rings (SSSR count). The van der Waals surface area contributed by atoms with Crippen molar-refractivity contribution in [2.75, 3.05) is 0 Å². The number of nitrogens with one attached hydrogen (secondary N) is 2. The molecule has 0 aromatic carbocycles. The minimum absolute atomic E-state index is 0.769. The molecule has 0 atom stereocenters. The van der Waals surface area contributed by atoms with Gasteiger partial charge in [0.05, 0.1) is 35.1 Å². The van der Waals surface area contributed by atoms with Gasteiger partial charge in [0.25, 0.3) is 0 Å². The summed E-state index contributed by atoms with van der Waals surface area (Å²) in [6.07, 6.45) is 8.66. The number of hydrogen-bond acceptors (Lipinski definition) is 5. The van der Waals surface area contributed by atoms with Crippen LogP contribution in [-0.4, -0.2) is 30.1 Å². The third-order valence-corrected chi connectivity index (χ3v) is 4.98. The van der Waals surface area contributed by atoms with Crippen LogP contribution in [0.3, 0.4) is 0 Å². The van der Waals surface area contributed by atoms with Crippen LogP contribution in [0.1, 0.15) is 0 Å². The fourth-order valence-electron chi connectivity index (χ4n) is 3.58. The van der Waals surface area contributed by atoms with E-state index in [0.717, 1.165) is 55.8 Å². The second kappa shape index (κ2) is 6.13. The van der Waals surface area contributed by atoms with Gasteiger partial charge in [-0.3, -0.25) is 15.1 Å². The molecule has 29 heavy (non-hydrogen) atoms. The summed E-state index contributed by atoms with van der Waals surface area (Å²) in [7, 11) is 0. The van der Waals surface area contributed by atoms with E-state index in [2.05, 4.69) is 31.2 Å². The first-order chi connectivity index (χ1) is 14.4. The lowest BCUT2D eigenvalue weighted by Gasteiger charge is -2.00. The van der Waals surface area contributed by atoms with E-state index in [-0.39, 0.29) is 0 Å². The molecule has 138 valence electrons. The zero-order valence-corrected chi connectivity index (χ0v) is 15.1. The second-order valence-electron chi connectivity index (χ2n) is 6.72. The summed E-state index contributed by atoms with van der Waals surface area (Å²) in [4.78, 5) is 16.9. The zero-order chi connectivity index (χ0) is 19.2. The number of aromatic amines is 2. The van der Waals surface area contributed by atoms with Crippen molar-refractivity contribution in [3.05, 3.63) is 73.6 Å². The first kappa shape index (κ1) is 15.8. The van der Waals surface area contributed by atoms with Crippen molar-refractivity contribution in [3.8, 4) is 33.9 Å². The summed E-state index contributed by atoms with van der Waals surface area (Å²) in [6.45, 7) is 0. The van der Waals surface area contributed by atoms with Crippen LogP contribution in [0.2, 0.25) is 0 Å². The molecule has 6 heterocycles. The highest BCUT2D eigenvalue weighted by Crippen LogP contribution is 2.33. The van der Waals surface area contributed by atoms with Gasteiger partial charge >= 0.3 is 0 Å². The number of furan rings is 1. The van der Waals surface area contributed by atoms with E-state index in [0.29, 0.717) is 0 Å². The van der Waals surface area contributed by atoms with Gasteiger partial charge in [0.15, 0.2) is 0 Å². The Hall–Kier alpha value is -4.26. The molecule has 7 heteroatoms. The standard InChI is InChI=1S/C22H14N6O/c1-2-18-21(26-16(1)13-3-7-23-8-4-13)22(28-27-18)19-11-15-17(25-19)5-9-24-20(15)14-6-10-29-12-14/h1-12,25H,(H,27,28). The molecule has 0 amide bonds. The highest BCUT2D eigenvalue weighted by Gasteiger charge is 2.16. The first-order valence-corrected chi connectivity index (χ1v) is 9.13. The van der Waals surface area contributed by atoms with Gasteiger partial charge in [-0.15, -0.1) is 0 Å². The molecule has 0 saturated heterocycles. The Balaban J connectivity index is 1.53. The van der Waals surface area contributed by atoms with Crippen LogP contribution in [0.4, 0.5) is 0 Å². The first-order valence-electron chi connectivity index (χ1n) is 9.13. The molecule has 0 radical (unpaired) electrons. The molecule has 0 unspecified atom stereocenters. The predicted octanol–water partition coefficient (Wildman–Crippen LogP) is 4.82. The minimum Gasteiger partial charge on any atom is -0.472 e. The highest BCUT2D eigenvalue weighted by molar-refractivity contribution is 5.99. The topological polar surface area (TPSA) is 96.3 Å². The van der Waals surface area contributed by atoms with Gasteiger partial charge in [-0.2, -0.15) is 5.10 Å². The summed E-state index contributed by atoms with van der Waals surface area (Å²) < 4.78 is 5.23. The van der Waals surface area contributed by atoms with Crippen molar-refractivity contribution in [2.45, 2.75) is 0 Å². The van der Waals surface area contributed by atoms with Crippen LogP contribution in [0.15, 0.2) is 78.0 Å². The Morgan fingerprint density at radius 3 is 2.62 bits per heavy atom. The van der Waals surface area contributed by atoms with E-state index in [4.69, 9.17) is 9.40 Å². The summed E-state index contributed by atoms with van der Waals surface area (Å²) in [5.74, 6) is 0. The van der Waals surface area contributed by atoms with Crippen molar-refractivity contribution in [1.29, 1.82) is 0 Å². The molecule has 6 aromatic rings. The maximum atomic E-state index is 5.23. The molecule has 2 N–H and O–H groups in total. The van der Waals surface area contributed by atoms with Gasteiger partial charge in [-0.05, 0) is 42.5 Å². The third-order valence-electron chi connectivity index (χ3n) is 4.98. The number of H-pyrrole nitrogens is 2. The number of aromatic nitrogens is 6. The van der Waals surface area contributed by atoms with Crippen molar-refractivity contribution < 1.29 is 4.42 Å². The van der Waals surface area contributed by atoms with Gasteiger partial charge in [-0.25, -0.2) is 4.98 Å². The fraction of sp³-hybridized carbons (Fsp3) is 0. The monoisotopic (exact) mass is 378 g/mol. The largest absolute Gasteiger partial charge is 0.472 e. The average Bonchev–Trinajstić information content (AvgIpc) is 3.52. The molecule has 7 nitrogen and oxygen atoms in total. The molecular weight excluding hydrogens is 364 g/mol. The van der Waals surface area contributed by atoms with Crippen LogP contribution in [0, 0.1) is 0 Å². The fourth-order valence-corrected chi connectivity index (χ4v) is 3.58. The Morgan fingerprint density at radius 1 is 0.828 bits per heavy atom. The van der Waals surface area contributed by atoms with Crippen LogP contribution in [-0.2, 0) is 0 Å². The Labute approximate surface area is 164 Å². The number of pyridine rings is 3. The van der Waals surface area contributed by atoms with Gasteiger partial charge < -0.3 is 9.40 Å². The molecule has 0 saturated carbocycles.